The molecule has 4 atom stereocenters. The number of anilines is 1. The first-order chi connectivity index (χ1) is 22.4. The van der Waals surface area contributed by atoms with Gasteiger partial charge < -0.3 is 40.0 Å². The molecule has 3 aromatic carbocycles. The summed E-state index contributed by atoms with van der Waals surface area (Å²) < 4.78 is 19.5. The zero-order valence-electron chi connectivity index (χ0n) is 25.0. The predicted octanol–water partition coefficient (Wildman–Crippen LogP) is 2.09. The normalized spacial score (nSPS) is 20.8. The summed E-state index contributed by atoms with van der Waals surface area (Å²) in [5.74, 6) is 0.575. The largest absolute Gasteiger partial charge is 0.490 e. The Balaban J connectivity index is 1.17. The molecule has 5 N–H and O–H groups in total. The van der Waals surface area contributed by atoms with E-state index in [2.05, 4.69) is 10.3 Å². The van der Waals surface area contributed by atoms with Crippen molar-refractivity contribution >= 4 is 28.8 Å². The molecule has 1 aromatic heterocycles. The van der Waals surface area contributed by atoms with Gasteiger partial charge in [0.15, 0.2) is 17.7 Å². The number of carbonyl (C=O) groups is 2. The van der Waals surface area contributed by atoms with Gasteiger partial charge in [0.25, 0.3) is 11.8 Å². The van der Waals surface area contributed by atoms with E-state index in [0.29, 0.717) is 65.6 Å². The molecule has 2 aliphatic rings. The number of fused-ring (bicyclic) bond motifs is 2. The van der Waals surface area contributed by atoms with Crippen LogP contribution < -0.4 is 14.8 Å². The third kappa shape index (κ3) is 6.15. The maximum atomic E-state index is 12.7. The lowest BCUT2D eigenvalue weighted by Gasteiger charge is -2.20. The zero-order chi connectivity index (χ0) is 32.2. The second-order valence-corrected chi connectivity index (χ2v) is 11.1. The Hall–Kier alpha value is -4.53. The molecule has 1 fully saturated rings. The van der Waals surface area contributed by atoms with E-state index in [1.54, 1.807) is 34.9 Å². The van der Waals surface area contributed by atoms with Crippen LogP contribution in [0.15, 0.2) is 66.7 Å². The van der Waals surface area contributed by atoms with E-state index in [1.165, 1.54) is 4.90 Å². The van der Waals surface area contributed by atoms with Crippen LogP contribution in [0.2, 0.25) is 0 Å². The van der Waals surface area contributed by atoms with Crippen molar-refractivity contribution in [2.75, 3.05) is 38.3 Å². The molecule has 0 saturated carbocycles. The number of nitrogens with one attached hydrogen (secondary N) is 1. The van der Waals surface area contributed by atoms with Crippen LogP contribution in [-0.4, -0.2) is 98.0 Å². The van der Waals surface area contributed by atoms with Crippen molar-refractivity contribution in [3.63, 3.8) is 0 Å². The van der Waals surface area contributed by atoms with Gasteiger partial charge in [-0.15, -0.1) is 0 Å². The number of nitrogens with zero attached hydrogens (tertiary/aromatic N) is 3. The zero-order valence-corrected chi connectivity index (χ0v) is 25.0. The summed E-state index contributed by atoms with van der Waals surface area (Å²) in [6.45, 7) is 0.361. The molecule has 0 spiro atoms. The van der Waals surface area contributed by atoms with E-state index in [4.69, 9.17) is 14.2 Å². The van der Waals surface area contributed by atoms with Crippen LogP contribution in [0.5, 0.6) is 11.5 Å². The highest BCUT2D eigenvalue weighted by atomic mass is 16.6. The van der Waals surface area contributed by atoms with Gasteiger partial charge in [0.05, 0.1) is 41.9 Å². The Bertz CT molecular complexity index is 1670. The van der Waals surface area contributed by atoms with E-state index in [-0.39, 0.29) is 31.6 Å². The first-order valence-corrected chi connectivity index (χ1v) is 15.2. The van der Waals surface area contributed by atoms with Crippen molar-refractivity contribution < 1.29 is 44.2 Å². The molecule has 6 rings (SSSR count). The molecule has 242 valence electrons. The molecule has 0 unspecified atom stereocenters. The third-order valence-electron chi connectivity index (χ3n) is 8.09. The maximum Gasteiger partial charge on any atom is 0.261 e. The number of carbonyl (C=O) groups excluding carboxylic acids is 2. The van der Waals surface area contributed by atoms with Gasteiger partial charge >= 0.3 is 0 Å². The molecule has 13 nitrogen and oxygen atoms in total. The number of aromatic nitrogens is 2. The van der Waals surface area contributed by atoms with Gasteiger partial charge in [-0.2, -0.15) is 0 Å². The quantitative estimate of drug-likeness (QED) is 0.102. The van der Waals surface area contributed by atoms with Crippen LogP contribution in [0, 0.1) is 0 Å². The lowest BCUT2D eigenvalue weighted by molar-refractivity contribution is -0.0499. The van der Waals surface area contributed by atoms with Crippen molar-refractivity contribution in [2.45, 2.75) is 43.9 Å². The minimum atomic E-state index is -1.29. The second-order valence-electron chi connectivity index (χ2n) is 11.1. The lowest BCUT2D eigenvalue weighted by atomic mass is 10.1. The fourth-order valence-corrected chi connectivity index (χ4v) is 5.68. The van der Waals surface area contributed by atoms with Gasteiger partial charge in [-0.25, -0.2) is 4.98 Å². The number of ether oxygens (including phenoxy) is 3. The Morgan fingerprint density at radius 1 is 0.848 bits per heavy atom. The van der Waals surface area contributed by atoms with E-state index in [1.807, 2.05) is 36.4 Å². The Labute approximate surface area is 264 Å². The van der Waals surface area contributed by atoms with Gasteiger partial charge in [-0.05, 0) is 54.8 Å². The number of benzene rings is 3. The number of hydrogen-bond acceptors (Lipinski definition) is 11. The fourth-order valence-electron chi connectivity index (χ4n) is 5.68. The van der Waals surface area contributed by atoms with Crippen LogP contribution >= 0.6 is 0 Å². The fraction of sp³-hybridized carbons (Fsp3) is 0.364. The van der Waals surface area contributed by atoms with Gasteiger partial charge in [0.1, 0.15) is 24.9 Å². The summed E-state index contributed by atoms with van der Waals surface area (Å²) in [6, 6.07) is 19.4. The van der Waals surface area contributed by atoms with E-state index in [9.17, 15) is 30.0 Å². The van der Waals surface area contributed by atoms with E-state index >= 15 is 0 Å². The van der Waals surface area contributed by atoms with E-state index in [0.717, 1.165) is 5.56 Å². The number of hydrogen-bond donors (Lipinski definition) is 5. The summed E-state index contributed by atoms with van der Waals surface area (Å²) in [7, 11) is 0. The highest BCUT2D eigenvalue weighted by molar-refractivity contribution is 6.21. The number of amides is 2. The molecule has 0 radical (unpaired) electrons. The topological polar surface area (TPSA) is 176 Å². The van der Waals surface area contributed by atoms with Crippen molar-refractivity contribution in [3.05, 3.63) is 83.4 Å². The summed E-state index contributed by atoms with van der Waals surface area (Å²) in [5.41, 5.74) is 2.89. The smallest absolute Gasteiger partial charge is 0.261 e. The molecule has 0 aliphatic carbocycles. The molecule has 1 saturated heterocycles. The molecule has 4 aromatic rings. The molecule has 2 amide bonds. The lowest BCUT2D eigenvalue weighted by Crippen LogP contribution is -2.33. The van der Waals surface area contributed by atoms with Crippen LogP contribution in [0.1, 0.15) is 45.3 Å². The monoisotopic (exact) mass is 632 g/mol. The molecule has 2 aliphatic heterocycles. The third-order valence-corrected chi connectivity index (χ3v) is 8.09. The predicted molar refractivity (Wildman–Crippen MR) is 166 cm³/mol. The van der Waals surface area contributed by atoms with Crippen molar-refractivity contribution in [3.8, 4) is 11.5 Å². The molecular formula is C33H36N4O9. The van der Waals surface area contributed by atoms with Gasteiger partial charge in [-0.1, -0.05) is 30.3 Å². The highest BCUT2D eigenvalue weighted by Gasteiger charge is 2.44. The Morgan fingerprint density at radius 3 is 2.28 bits per heavy atom. The number of imide groups is 1. The summed E-state index contributed by atoms with van der Waals surface area (Å²) >= 11 is 0. The molecule has 0 bridgehead atoms. The van der Waals surface area contributed by atoms with Crippen LogP contribution in [0.25, 0.3) is 11.0 Å². The van der Waals surface area contributed by atoms with Crippen LogP contribution in [0.3, 0.4) is 0 Å². The van der Waals surface area contributed by atoms with Crippen molar-refractivity contribution in [1.29, 1.82) is 0 Å². The van der Waals surface area contributed by atoms with Crippen LogP contribution in [-0.2, 0) is 11.3 Å². The average molecular weight is 633 g/mol. The molecular weight excluding hydrogens is 596 g/mol. The van der Waals surface area contributed by atoms with Crippen molar-refractivity contribution in [1.82, 2.24) is 14.5 Å². The first-order valence-electron chi connectivity index (χ1n) is 15.2. The van der Waals surface area contributed by atoms with Gasteiger partial charge in [-0.3, -0.25) is 19.1 Å². The van der Waals surface area contributed by atoms with Crippen LogP contribution in [0.4, 0.5) is 5.95 Å². The second kappa shape index (κ2) is 13.8. The number of para-hydroxylation sites is 2. The number of aliphatic hydroxyl groups is 4. The van der Waals surface area contributed by atoms with Gasteiger partial charge in [0.2, 0.25) is 5.95 Å². The molecule has 13 heteroatoms. The number of unbranched alkanes of at least 4 members (excludes halogenated alkanes) is 1. The summed E-state index contributed by atoms with van der Waals surface area (Å²) in [5, 5.41) is 43.2. The first kappa shape index (κ1) is 31.5. The minimum absolute atomic E-state index is 0.0491. The number of rotatable bonds is 14. The SMILES string of the molecule is O=C1c2ccccc2C(=O)N1CCOc1ccc(CNc2nc3ccccc3n2[C@@H]2O[C@H](CO)[C@@H](O)[C@H]2O)cc1OCCCCO. The average Bonchev–Trinajstić information content (AvgIpc) is 3.67. The maximum absolute atomic E-state index is 12.7. The van der Waals surface area contributed by atoms with Gasteiger partial charge in [0, 0.05) is 13.2 Å². The van der Waals surface area contributed by atoms with E-state index < -0.39 is 31.1 Å². The molecule has 46 heavy (non-hydrogen) atoms. The molecule has 3 heterocycles. The highest BCUT2D eigenvalue weighted by Crippen LogP contribution is 2.35. The summed E-state index contributed by atoms with van der Waals surface area (Å²) in [4.78, 5) is 31.3. The Kier molecular flexibility index (Phi) is 9.47. The Morgan fingerprint density at radius 2 is 1.57 bits per heavy atom. The summed E-state index contributed by atoms with van der Waals surface area (Å²) in [6.07, 6.45) is -3.27. The minimum Gasteiger partial charge on any atom is -0.490 e. The number of aliphatic hydroxyl groups excluding tert-OH is 4. The standard InChI is InChI=1S/C33H36N4O9/c38-14-5-6-15-44-26-17-20(11-12-25(26)45-16-13-36-30(42)21-7-1-2-8-22(21)31(36)43)18-34-33-35-23-9-3-4-10-24(23)37(33)32-29(41)28(40)27(19-39)46-32/h1-4,7-12,17,27-29,32,38-41H,5-6,13-16,18-19H2,(H,34,35)/t27-,28-,29-,32-/m1/s1. The number of imidazole rings is 1. The van der Waals surface area contributed by atoms with Crippen molar-refractivity contribution in [2.24, 2.45) is 0 Å².